The molecule has 0 aliphatic rings. The van der Waals surface area contributed by atoms with E-state index in [1.807, 2.05) is 0 Å². The Morgan fingerprint density at radius 1 is 1.38 bits per heavy atom. The normalized spacial score (nSPS) is 10.2. The Hall–Kier alpha value is -1.34. The van der Waals surface area contributed by atoms with Crippen LogP contribution in [0.25, 0.3) is 0 Å². The second-order valence-corrected chi connectivity index (χ2v) is 6.78. The molecule has 0 fully saturated rings. The van der Waals surface area contributed by atoms with Gasteiger partial charge >= 0.3 is 0 Å². The third-order valence-corrected chi connectivity index (χ3v) is 3.98. The molecular weight excluding hydrogens is 351 g/mol. The lowest BCUT2D eigenvalue weighted by molar-refractivity contribution is 0.102. The quantitative estimate of drug-likeness (QED) is 0.791. The van der Waals surface area contributed by atoms with Gasteiger partial charge in [-0.2, -0.15) is 0 Å². The maximum atomic E-state index is 12.1. The fourth-order valence-electron chi connectivity index (χ4n) is 1.51. The summed E-state index contributed by atoms with van der Waals surface area (Å²) in [6, 6.07) is 8.40. The van der Waals surface area contributed by atoms with Crippen LogP contribution in [0.3, 0.4) is 0 Å². The number of carbonyl (C=O) groups excluding carboxylic acids is 1. The molecule has 2 aromatic rings. The number of ether oxygens (including phenoxy) is 1. The second kappa shape index (κ2) is 7.09. The second-order valence-electron chi connectivity index (χ2n) is 3.97. The number of benzene rings is 1. The summed E-state index contributed by atoms with van der Waals surface area (Å²) in [7, 11) is 0. The van der Waals surface area contributed by atoms with Crippen LogP contribution in [0.2, 0.25) is 8.67 Å². The lowest BCUT2D eigenvalue weighted by Crippen LogP contribution is -2.18. The maximum absolute atomic E-state index is 12.1. The molecule has 1 aromatic carbocycles. The highest BCUT2D eigenvalue weighted by Gasteiger charge is 2.14. The van der Waals surface area contributed by atoms with Crippen LogP contribution in [-0.2, 0) is 0 Å². The van der Waals surface area contributed by atoms with E-state index in [2.05, 4.69) is 5.32 Å². The predicted octanol–water partition coefficient (Wildman–Crippen LogP) is 3.97. The Kier molecular flexibility index (Phi) is 5.41. The van der Waals surface area contributed by atoms with Crippen LogP contribution in [0.4, 0.5) is 5.69 Å². The summed E-state index contributed by atoms with van der Waals surface area (Å²) in [5.74, 6) is 0.213. The minimum absolute atomic E-state index is 0.138. The monoisotopic (exact) mass is 360 g/mol. The lowest BCUT2D eigenvalue weighted by Gasteiger charge is -2.08. The number of anilines is 1. The third-order valence-electron chi connectivity index (χ3n) is 2.37. The van der Waals surface area contributed by atoms with Gasteiger partial charge in [0.1, 0.15) is 21.7 Å². The molecule has 0 spiro atoms. The van der Waals surface area contributed by atoms with E-state index in [0.717, 1.165) is 11.3 Å². The fraction of sp³-hybridized carbons (Fsp3) is 0.0769. The lowest BCUT2D eigenvalue weighted by atomic mass is 10.2. The maximum Gasteiger partial charge on any atom is 0.258 e. The average Bonchev–Trinajstić information content (AvgIpc) is 2.76. The van der Waals surface area contributed by atoms with E-state index in [4.69, 9.17) is 45.9 Å². The molecule has 2 rings (SSSR count). The van der Waals surface area contributed by atoms with E-state index in [9.17, 15) is 4.79 Å². The molecule has 0 aliphatic carbocycles. The van der Waals surface area contributed by atoms with Crippen molar-refractivity contribution in [3.63, 3.8) is 0 Å². The van der Waals surface area contributed by atoms with Gasteiger partial charge in [-0.3, -0.25) is 4.79 Å². The van der Waals surface area contributed by atoms with Crippen LogP contribution in [-0.4, -0.2) is 17.5 Å². The Labute approximate surface area is 140 Å². The number of amides is 1. The highest BCUT2D eigenvalue weighted by Crippen LogP contribution is 2.31. The molecule has 0 radical (unpaired) electrons. The zero-order chi connectivity index (χ0) is 15.4. The first-order valence-electron chi connectivity index (χ1n) is 5.73. The molecule has 21 heavy (non-hydrogen) atoms. The Morgan fingerprint density at radius 2 is 2.14 bits per heavy atom. The van der Waals surface area contributed by atoms with Crippen LogP contribution in [0.1, 0.15) is 10.4 Å². The molecule has 8 heteroatoms. The molecule has 0 saturated carbocycles. The summed E-state index contributed by atoms with van der Waals surface area (Å²) >= 11 is 17.6. The van der Waals surface area contributed by atoms with E-state index in [1.54, 1.807) is 24.3 Å². The largest absolute Gasteiger partial charge is 0.486 e. The van der Waals surface area contributed by atoms with E-state index in [-0.39, 0.29) is 17.5 Å². The zero-order valence-electron chi connectivity index (χ0n) is 10.6. The molecule has 110 valence electrons. The Balaban J connectivity index is 2.09. The first-order valence-corrected chi connectivity index (χ1v) is 7.71. The molecule has 0 aliphatic heterocycles. The SMILES string of the molecule is NC(=S)COc1cccc(NC(=O)c2cc(Cl)sc2Cl)c1. The minimum Gasteiger partial charge on any atom is -0.486 e. The number of rotatable bonds is 5. The number of thiocarbonyl (C=S) groups is 1. The Morgan fingerprint density at radius 3 is 2.76 bits per heavy atom. The van der Waals surface area contributed by atoms with E-state index in [1.165, 1.54) is 6.07 Å². The highest BCUT2D eigenvalue weighted by atomic mass is 35.5. The van der Waals surface area contributed by atoms with Crippen molar-refractivity contribution in [1.82, 2.24) is 0 Å². The summed E-state index contributed by atoms with van der Waals surface area (Å²) in [6.45, 7) is 0.138. The predicted molar refractivity (Wildman–Crippen MR) is 91.0 cm³/mol. The van der Waals surface area contributed by atoms with E-state index < -0.39 is 0 Å². The first-order chi connectivity index (χ1) is 9.95. The van der Waals surface area contributed by atoms with Crippen molar-refractivity contribution in [3.05, 3.63) is 44.6 Å². The highest BCUT2D eigenvalue weighted by molar-refractivity contribution is 7.80. The van der Waals surface area contributed by atoms with E-state index >= 15 is 0 Å². The van der Waals surface area contributed by atoms with Crippen LogP contribution in [0, 0.1) is 0 Å². The van der Waals surface area contributed by atoms with Crippen molar-refractivity contribution in [2.75, 3.05) is 11.9 Å². The molecule has 0 unspecified atom stereocenters. The average molecular weight is 361 g/mol. The van der Waals surface area contributed by atoms with Gasteiger partial charge < -0.3 is 15.8 Å². The standard InChI is InChI=1S/C13H10Cl2N2O2S2/c14-10-5-9(12(15)21-10)13(18)17-7-2-1-3-8(4-7)19-6-11(16)20/h1-5H,6H2,(H2,16,20)(H,17,18). The van der Waals surface area contributed by atoms with Gasteiger partial charge in [-0.25, -0.2) is 0 Å². The van der Waals surface area contributed by atoms with Crippen molar-refractivity contribution in [1.29, 1.82) is 0 Å². The molecule has 1 amide bonds. The van der Waals surface area contributed by atoms with Crippen LogP contribution >= 0.6 is 46.8 Å². The summed E-state index contributed by atoms with van der Waals surface area (Å²) in [5.41, 5.74) is 6.27. The summed E-state index contributed by atoms with van der Waals surface area (Å²) in [6.07, 6.45) is 0. The number of halogens is 2. The fourth-order valence-corrected chi connectivity index (χ4v) is 3.03. The van der Waals surface area contributed by atoms with Crippen LogP contribution in [0.5, 0.6) is 5.75 Å². The minimum atomic E-state index is -0.338. The molecule has 0 saturated heterocycles. The number of thiophene rings is 1. The van der Waals surface area contributed by atoms with Crippen LogP contribution in [0.15, 0.2) is 30.3 Å². The van der Waals surface area contributed by atoms with Crippen molar-refractivity contribution >= 4 is 63.3 Å². The van der Waals surface area contributed by atoms with Gasteiger partial charge in [-0.15, -0.1) is 11.3 Å². The van der Waals surface area contributed by atoms with Gasteiger partial charge in [0.05, 0.1) is 9.90 Å². The van der Waals surface area contributed by atoms with Crippen LogP contribution < -0.4 is 15.8 Å². The molecule has 4 nitrogen and oxygen atoms in total. The molecule has 0 atom stereocenters. The van der Waals surface area contributed by atoms with Gasteiger partial charge in [-0.05, 0) is 18.2 Å². The molecular formula is C13H10Cl2N2O2S2. The van der Waals surface area contributed by atoms with Gasteiger partial charge in [0.25, 0.3) is 5.91 Å². The number of hydrogen-bond donors (Lipinski definition) is 2. The smallest absolute Gasteiger partial charge is 0.258 e. The summed E-state index contributed by atoms with van der Waals surface area (Å²) in [5, 5.41) is 2.72. The summed E-state index contributed by atoms with van der Waals surface area (Å²) < 4.78 is 6.16. The number of hydrogen-bond acceptors (Lipinski definition) is 4. The number of nitrogens with two attached hydrogens (primary N) is 1. The van der Waals surface area contributed by atoms with E-state index in [0.29, 0.717) is 25.7 Å². The van der Waals surface area contributed by atoms with Crippen molar-refractivity contribution < 1.29 is 9.53 Å². The summed E-state index contributed by atoms with van der Waals surface area (Å²) in [4.78, 5) is 12.4. The van der Waals surface area contributed by atoms with Crippen molar-refractivity contribution in [2.24, 2.45) is 5.73 Å². The molecule has 3 N–H and O–H groups in total. The molecule has 1 aromatic heterocycles. The first kappa shape index (κ1) is 16.0. The number of carbonyl (C=O) groups is 1. The van der Waals surface area contributed by atoms with Crippen molar-refractivity contribution in [2.45, 2.75) is 0 Å². The Bertz CT molecular complexity index is 689. The van der Waals surface area contributed by atoms with Gasteiger partial charge in [0.15, 0.2) is 0 Å². The third kappa shape index (κ3) is 4.57. The van der Waals surface area contributed by atoms with Gasteiger partial charge in [0.2, 0.25) is 0 Å². The molecule has 0 bridgehead atoms. The van der Waals surface area contributed by atoms with Crippen molar-refractivity contribution in [3.8, 4) is 5.75 Å². The zero-order valence-corrected chi connectivity index (χ0v) is 13.7. The topological polar surface area (TPSA) is 64.3 Å². The molecule has 1 heterocycles. The van der Waals surface area contributed by atoms with Gasteiger partial charge in [-0.1, -0.05) is 41.5 Å². The van der Waals surface area contributed by atoms with Gasteiger partial charge in [0, 0.05) is 11.8 Å². The number of nitrogens with one attached hydrogen (secondary N) is 1.